The van der Waals surface area contributed by atoms with Crippen molar-refractivity contribution in [2.24, 2.45) is 11.7 Å². The summed E-state index contributed by atoms with van der Waals surface area (Å²) in [7, 11) is 1.56. The monoisotopic (exact) mass is 471 g/mol. The molecule has 2 aromatic heterocycles. The van der Waals surface area contributed by atoms with Crippen molar-refractivity contribution < 1.29 is 19.4 Å². The van der Waals surface area contributed by atoms with Crippen molar-refractivity contribution in [1.82, 2.24) is 20.3 Å². The van der Waals surface area contributed by atoms with Crippen LogP contribution in [0.4, 0.5) is 0 Å². The molecule has 9 nitrogen and oxygen atoms in total. The molecule has 2 heterocycles. The predicted molar refractivity (Wildman–Crippen MR) is 131 cm³/mol. The van der Waals surface area contributed by atoms with Gasteiger partial charge >= 0.3 is 0 Å². The molecule has 1 aliphatic rings. The lowest BCUT2D eigenvalue weighted by atomic mass is 10.0. The molecule has 1 aliphatic carbocycles. The van der Waals surface area contributed by atoms with Gasteiger partial charge in [0.25, 0.3) is 5.91 Å². The maximum atomic E-state index is 12.9. The van der Waals surface area contributed by atoms with Gasteiger partial charge in [0.2, 0.25) is 11.8 Å². The van der Waals surface area contributed by atoms with Gasteiger partial charge in [-0.05, 0) is 60.9 Å². The number of amides is 2. The molecule has 2 amide bonds. The Bertz CT molecular complexity index is 1430. The minimum absolute atomic E-state index is 0.0624. The van der Waals surface area contributed by atoms with E-state index in [2.05, 4.69) is 20.3 Å². The Morgan fingerprint density at radius 3 is 2.80 bits per heavy atom. The fraction of sp³-hybridized carbons (Fsp3) is 0.231. The van der Waals surface area contributed by atoms with Gasteiger partial charge in [0, 0.05) is 23.4 Å². The van der Waals surface area contributed by atoms with Crippen LogP contribution >= 0.6 is 0 Å². The fourth-order valence-electron chi connectivity index (χ4n) is 4.67. The summed E-state index contributed by atoms with van der Waals surface area (Å²) in [6.45, 7) is 0. The molecule has 1 fully saturated rings. The summed E-state index contributed by atoms with van der Waals surface area (Å²) in [5, 5.41) is 13.5. The summed E-state index contributed by atoms with van der Waals surface area (Å²) in [6, 6.07) is 13.8. The van der Waals surface area contributed by atoms with E-state index in [1.54, 1.807) is 43.6 Å². The minimum Gasteiger partial charge on any atom is -0.507 e. The molecule has 178 valence electrons. The number of fused-ring (bicyclic) bond motifs is 1. The zero-order chi connectivity index (χ0) is 24.5. The Morgan fingerprint density at radius 2 is 2.00 bits per heavy atom. The van der Waals surface area contributed by atoms with Crippen LogP contribution in [0.5, 0.6) is 11.6 Å². The number of ether oxygens (including phenoxy) is 1. The second kappa shape index (κ2) is 9.09. The average Bonchev–Trinajstić information content (AvgIpc) is 3.50. The summed E-state index contributed by atoms with van der Waals surface area (Å²) in [6.07, 6.45) is 3.93. The van der Waals surface area contributed by atoms with Crippen LogP contribution in [0, 0.1) is 5.92 Å². The zero-order valence-electron chi connectivity index (χ0n) is 19.1. The van der Waals surface area contributed by atoms with Gasteiger partial charge in [0.05, 0.1) is 29.6 Å². The lowest BCUT2D eigenvalue weighted by Crippen LogP contribution is -2.42. The number of primary amides is 1. The number of carbonyl (C=O) groups is 2. The Hall–Kier alpha value is -4.40. The predicted octanol–water partition coefficient (Wildman–Crippen LogP) is 3.39. The molecule has 0 aliphatic heterocycles. The Labute approximate surface area is 201 Å². The summed E-state index contributed by atoms with van der Waals surface area (Å²) in [5.74, 6) is 0.0131. The second-order valence-electron chi connectivity index (χ2n) is 8.63. The van der Waals surface area contributed by atoms with E-state index >= 15 is 0 Å². The van der Waals surface area contributed by atoms with Gasteiger partial charge in [-0.1, -0.05) is 12.5 Å². The molecule has 9 heteroatoms. The highest BCUT2D eigenvalue weighted by molar-refractivity contribution is 5.98. The highest BCUT2D eigenvalue weighted by Gasteiger charge is 2.32. The smallest absolute Gasteiger partial charge is 0.251 e. The number of imidazole rings is 1. The number of hydrogen-bond acceptors (Lipinski definition) is 6. The number of phenolic OH excluding ortho intramolecular Hbond substituents is 1. The third kappa shape index (κ3) is 4.28. The Morgan fingerprint density at radius 1 is 1.14 bits per heavy atom. The number of aromatic hydroxyl groups is 1. The topological polar surface area (TPSA) is 143 Å². The number of phenols is 1. The maximum absolute atomic E-state index is 12.9. The van der Waals surface area contributed by atoms with Crippen molar-refractivity contribution in [3.63, 3.8) is 0 Å². The van der Waals surface area contributed by atoms with E-state index < -0.39 is 0 Å². The molecule has 5 N–H and O–H groups in total. The van der Waals surface area contributed by atoms with E-state index in [0.29, 0.717) is 40.3 Å². The van der Waals surface area contributed by atoms with Gasteiger partial charge in [-0.2, -0.15) is 0 Å². The molecule has 4 aromatic rings. The van der Waals surface area contributed by atoms with Crippen molar-refractivity contribution in [2.45, 2.75) is 25.3 Å². The van der Waals surface area contributed by atoms with E-state index in [9.17, 15) is 14.7 Å². The van der Waals surface area contributed by atoms with Gasteiger partial charge in [-0.25, -0.2) is 9.97 Å². The minimum atomic E-state index is -0.382. The van der Waals surface area contributed by atoms with Gasteiger partial charge in [0.15, 0.2) is 0 Å². The third-order valence-corrected chi connectivity index (χ3v) is 6.47. The molecule has 1 saturated carbocycles. The van der Waals surface area contributed by atoms with Crippen molar-refractivity contribution in [2.75, 3.05) is 7.11 Å². The SMILES string of the molecule is COc1ncccc1-c1ccc(O)c(-c2nc3ccc(C(=O)N[C@H]4CCC[C@H]4C(N)=O)cc3[nH]2)c1. The van der Waals surface area contributed by atoms with Crippen molar-refractivity contribution in [3.8, 4) is 34.1 Å². The van der Waals surface area contributed by atoms with Crippen LogP contribution in [-0.2, 0) is 4.79 Å². The average molecular weight is 472 g/mol. The molecule has 2 aromatic carbocycles. The van der Waals surface area contributed by atoms with Crippen molar-refractivity contribution >= 4 is 22.8 Å². The third-order valence-electron chi connectivity index (χ3n) is 6.47. The fourth-order valence-corrected chi connectivity index (χ4v) is 4.67. The van der Waals surface area contributed by atoms with Crippen molar-refractivity contribution in [1.29, 1.82) is 0 Å². The van der Waals surface area contributed by atoms with Crippen LogP contribution in [0.2, 0.25) is 0 Å². The highest BCUT2D eigenvalue weighted by atomic mass is 16.5. The Balaban J connectivity index is 1.45. The number of nitrogens with two attached hydrogens (primary N) is 1. The molecule has 2 atom stereocenters. The normalized spacial score (nSPS) is 17.4. The van der Waals surface area contributed by atoms with Crippen LogP contribution in [-0.4, -0.2) is 45.0 Å². The van der Waals surface area contributed by atoms with Gasteiger partial charge in [0.1, 0.15) is 11.6 Å². The van der Waals surface area contributed by atoms with Crippen LogP contribution < -0.4 is 15.8 Å². The number of pyridine rings is 1. The largest absolute Gasteiger partial charge is 0.507 e. The molecule has 0 saturated heterocycles. The van der Waals surface area contributed by atoms with Crippen LogP contribution in [0.3, 0.4) is 0 Å². The molecule has 0 spiro atoms. The molecular weight excluding hydrogens is 446 g/mol. The van der Waals surface area contributed by atoms with E-state index in [1.807, 2.05) is 18.2 Å². The standard InChI is InChI=1S/C26H25N5O4/c1-35-26-16(5-3-11-28-26)14-8-10-22(32)18(12-14)24-29-20-9-7-15(13-21(20)30-24)25(34)31-19-6-2-4-17(19)23(27)33/h3,5,7-13,17,19,32H,2,4,6H2,1H3,(H2,27,33)(H,29,30)(H,31,34)/t17-,19+/m1/s1. The number of nitrogens with one attached hydrogen (secondary N) is 2. The number of aromatic amines is 1. The number of hydrogen-bond donors (Lipinski definition) is 4. The summed E-state index contributed by atoms with van der Waals surface area (Å²) < 4.78 is 5.37. The lowest BCUT2D eigenvalue weighted by molar-refractivity contribution is -0.122. The number of rotatable bonds is 6. The molecule has 0 unspecified atom stereocenters. The van der Waals surface area contributed by atoms with E-state index in [4.69, 9.17) is 10.5 Å². The first-order chi connectivity index (χ1) is 16.9. The quantitative estimate of drug-likeness (QED) is 0.339. The number of aromatic nitrogens is 3. The number of carbonyl (C=O) groups excluding carboxylic acids is 2. The molecule has 5 rings (SSSR count). The van der Waals surface area contributed by atoms with E-state index in [-0.39, 0.29) is 29.5 Å². The van der Waals surface area contributed by atoms with Gasteiger partial charge in [-0.3, -0.25) is 9.59 Å². The lowest BCUT2D eigenvalue weighted by Gasteiger charge is -2.18. The molecule has 0 radical (unpaired) electrons. The Kier molecular flexibility index (Phi) is 5.82. The van der Waals surface area contributed by atoms with Crippen LogP contribution in [0.15, 0.2) is 54.7 Å². The van der Waals surface area contributed by atoms with Crippen LogP contribution in [0.25, 0.3) is 33.5 Å². The molecule has 0 bridgehead atoms. The van der Waals surface area contributed by atoms with Crippen molar-refractivity contribution in [3.05, 3.63) is 60.3 Å². The number of nitrogens with zero attached hydrogens (tertiary/aromatic N) is 2. The van der Waals surface area contributed by atoms with Gasteiger partial charge < -0.3 is 25.9 Å². The highest BCUT2D eigenvalue weighted by Crippen LogP contribution is 2.35. The second-order valence-corrected chi connectivity index (χ2v) is 8.63. The number of H-pyrrole nitrogens is 1. The first-order valence-corrected chi connectivity index (χ1v) is 11.4. The molecule has 35 heavy (non-hydrogen) atoms. The van der Waals surface area contributed by atoms with Gasteiger partial charge in [-0.15, -0.1) is 0 Å². The first kappa shape index (κ1) is 22.4. The summed E-state index contributed by atoms with van der Waals surface area (Å²) in [4.78, 5) is 36.5. The first-order valence-electron chi connectivity index (χ1n) is 11.4. The summed E-state index contributed by atoms with van der Waals surface area (Å²) >= 11 is 0. The summed E-state index contributed by atoms with van der Waals surface area (Å²) in [5.41, 5.74) is 9.32. The number of benzene rings is 2. The maximum Gasteiger partial charge on any atom is 0.251 e. The molecular formula is C26H25N5O4. The van der Waals surface area contributed by atoms with E-state index in [1.165, 1.54) is 0 Å². The zero-order valence-corrected chi connectivity index (χ0v) is 19.1. The van der Waals surface area contributed by atoms with Crippen LogP contribution in [0.1, 0.15) is 29.6 Å². The number of methoxy groups -OCH3 is 1. The van der Waals surface area contributed by atoms with E-state index in [0.717, 1.165) is 24.0 Å².